The topological polar surface area (TPSA) is 94.0 Å². The fourth-order valence-electron chi connectivity index (χ4n) is 2.24. The molecule has 110 valence electrons. The van der Waals surface area contributed by atoms with Gasteiger partial charge in [-0.05, 0) is 6.92 Å². The van der Waals surface area contributed by atoms with Crippen molar-refractivity contribution >= 4 is 23.3 Å². The summed E-state index contributed by atoms with van der Waals surface area (Å²) in [5.41, 5.74) is 2.58. The number of β-amino-alcohol motifs (C(OH)–C–C–N with tert-alkyl or cyclic N) is 1. The Morgan fingerprint density at radius 2 is 2.30 bits per heavy atom. The molecule has 0 bridgehead atoms. The molecule has 1 aliphatic rings. The average Bonchev–Trinajstić information content (AvgIpc) is 2.95. The number of nitrogens with zero attached hydrogens (tertiary/aromatic N) is 3. The van der Waals surface area contributed by atoms with Gasteiger partial charge in [-0.25, -0.2) is 14.6 Å². The van der Waals surface area contributed by atoms with Crippen LogP contribution in [0.25, 0.3) is 0 Å². The monoisotopic (exact) mass is 299 g/mol. The summed E-state index contributed by atoms with van der Waals surface area (Å²) in [6, 6.07) is -1.34. The minimum absolute atomic E-state index is 0.0574. The zero-order valence-corrected chi connectivity index (χ0v) is 12.1. The lowest BCUT2D eigenvalue weighted by molar-refractivity contribution is -0.141. The largest absolute Gasteiger partial charge is 0.480 e. The predicted octanol–water partition coefficient (Wildman–Crippen LogP) is 0.523. The fourth-order valence-corrected chi connectivity index (χ4v) is 3.07. The lowest BCUT2D eigenvalue weighted by Crippen LogP contribution is -2.46. The summed E-state index contributed by atoms with van der Waals surface area (Å²) in [7, 11) is 1.62. The van der Waals surface area contributed by atoms with E-state index in [-0.39, 0.29) is 19.0 Å². The van der Waals surface area contributed by atoms with Gasteiger partial charge < -0.3 is 20.0 Å². The molecular weight excluding hydrogens is 282 g/mol. The molecular formula is C12H17N3O4S. The minimum Gasteiger partial charge on any atom is -0.480 e. The van der Waals surface area contributed by atoms with E-state index in [0.717, 1.165) is 10.6 Å². The third-order valence-electron chi connectivity index (χ3n) is 3.36. The van der Waals surface area contributed by atoms with Crippen molar-refractivity contribution in [1.82, 2.24) is 14.8 Å². The SMILES string of the molecule is Cc1ncsc1CN(C)C(=O)N1C[C@H](O)C[C@H]1C(=O)O. The molecule has 2 atom stereocenters. The maximum absolute atomic E-state index is 12.3. The second-order valence-corrected chi connectivity index (χ2v) is 5.83. The van der Waals surface area contributed by atoms with Crippen molar-refractivity contribution in [3.05, 3.63) is 16.1 Å². The maximum Gasteiger partial charge on any atom is 0.326 e. The Labute approximate surface area is 120 Å². The molecule has 0 saturated carbocycles. The van der Waals surface area contributed by atoms with Gasteiger partial charge >= 0.3 is 12.0 Å². The summed E-state index contributed by atoms with van der Waals surface area (Å²) in [5.74, 6) is -1.09. The summed E-state index contributed by atoms with van der Waals surface area (Å²) in [6.45, 7) is 2.31. The van der Waals surface area contributed by atoms with Crippen LogP contribution in [-0.2, 0) is 11.3 Å². The van der Waals surface area contributed by atoms with Gasteiger partial charge in [0.1, 0.15) is 6.04 Å². The number of likely N-dealkylation sites (tertiary alicyclic amines) is 1. The van der Waals surface area contributed by atoms with Crippen molar-refractivity contribution < 1.29 is 19.8 Å². The molecule has 1 aromatic rings. The molecule has 7 nitrogen and oxygen atoms in total. The van der Waals surface area contributed by atoms with Crippen LogP contribution >= 0.6 is 11.3 Å². The first kappa shape index (κ1) is 14.7. The van der Waals surface area contributed by atoms with Crippen molar-refractivity contribution in [3.8, 4) is 0 Å². The summed E-state index contributed by atoms with van der Waals surface area (Å²) in [6.07, 6.45) is -0.701. The number of hydrogen-bond acceptors (Lipinski definition) is 5. The van der Waals surface area contributed by atoms with Crippen molar-refractivity contribution in [3.63, 3.8) is 0 Å². The van der Waals surface area contributed by atoms with E-state index in [0.29, 0.717) is 6.54 Å². The molecule has 0 spiro atoms. The van der Waals surface area contributed by atoms with Crippen LogP contribution in [-0.4, -0.2) is 62.7 Å². The summed E-state index contributed by atoms with van der Waals surface area (Å²) in [4.78, 5) is 31.2. The van der Waals surface area contributed by atoms with E-state index in [1.807, 2.05) is 6.92 Å². The predicted molar refractivity (Wildman–Crippen MR) is 72.5 cm³/mol. The van der Waals surface area contributed by atoms with Crippen LogP contribution in [0.15, 0.2) is 5.51 Å². The molecule has 2 amide bonds. The normalized spacial score (nSPS) is 22.1. The number of carboxylic acids is 1. The molecule has 0 aliphatic carbocycles. The summed E-state index contributed by atoms with van der Waals surface area (Å²) < 4.78 is 0. The van der Waals surface area contributed by atoms with Crippen molar-refractivity contribution in [2.75, 3.05) is 13.6 Å². The molecule has 0 aromatic carbocycles. The number of aliphatic hydroxyl groups excluding tert-OH is 1. The molecule has 1 aromatic heterocycles. The van der Waals surface area contributed by atoms with Crippen molar-refractivity contribution in [1.29, 1.82) is 0 Å². The lowest BCUT2D eigenvalue weighted by atomic mass is 10.2. The summed E-state index contributed by atoms with van der Waals surface area (Å²) >= 11 is 1.46. The van der Waals surface area contributed by atoms with E-state index in [1.54, 1.807) is 12.6 Å². The number of aliphatic hydroxyl groups is 1. The zero-order valence-electron chi connectivity index (χ0n) is 11.3. The third kappa shape index (κ3) is 2.91. The Kier molecular flexibility index (Phi) is 4.24. The Morgan fingerprint density at radius 1 is 1.60 bits per heavy atom. The average molecular weight is 299 g/mol. The highest BCUT2D eigenvalue weighted by Gasteiger charge is 2.40. The second-order valence-electron chi connectivity index (χ2n) is 4.90. The van der Waals surface area contributed by atoms with E-state index in [1.165, 1.54) is 21.1 Å². The Bertz CT molecular complexity index is 519. The third-order valence-corrected chi connectivity index (χ3v) is 4.28. The molecule has 1 aliphatic heterocycles. The van der Waals surface area contributed by atoms with Gasteiger partial charge in [-0.1, -0.05) is 0 Å². The number of amides is 2. The van der Waals surface area contributed by atoms with Crippen LogP contribution in [0.3, 0.4) is 0 Å². The van der Waals surface area contributed by atoms with Gasteiger partial charge in [0, 0.05) is 24.9 Å². The Hall–Kier alpha value is -1.67. The number of aliphatic carboxylic acids is 1. The van der Waals surface area contributed by atoms with Crippen LogP contribution in [0, 0.1) is 6.92 Å². The molecule has 0 radical (unpaired) electrons. The van der Waals surface area contributed by atoms with E-state index >= 15 is 0 Å². The number of urea groups is 1. The summed E-state index contributed by atoms with van der Waals surface area (Å²) in [5, 5.41) is 18.7. The molecule has 2 rings (SSSR count). The van der Waals surface area contributed by atoms with Gasteiger partial charge in [-0.3, -0.25) is 0 Å². The number of thiazole rings is 1. The number of carbonyl (C=O) groups is 2. The lowest BCUT2D eigenvalue weighted by Gasteiger charge is -2.27. The number of carbonyl (C=O) groups excluding carboxylic acids is 1. The highest BCUT2D eigenvalue weighted by molar-refractivity contribution is 7.09. The van der Waals surface area contributed by atoms with Crippen LogP contribution in [0.5, 0.6) is 0 Å². The van der Waals surface area contributed by atoms with E-state index in [9.17, 15) is 14.7 Å². The molecule has 20 heavy (non-hydrogen) atoms. The second kappa shape index (κ2) is 5.76. The number of hydrogen-bond donors (Lipinski definition) is 2. The van der Waals surface area contributed by atoms with Crippen LogP contribution < -0.4 is 0 Å². The number of rotatable bonds is 3. The number of carboxylic acid groups (broad SMARTS) is 1. The van der Waals surface area contributed by atoms with E-state index < -0.39 is 18.1 Å². The van der Waals surface area contributed by atoms with Gasteiger partial charge in [-0.15, -0.1) is 11.3 Å². The van der Waals surface area contributed by atoms with Gasteiger partial charge in [0.15, 0.2) is 0 Å². The molecule has 0 unspecified atom stereocenters. The Morgan fingerprint density at radius 3 is 2.85 bits per heavy atom. The Balaban J connectivity index is 2.06. The first-order valence-corrected chi connectivity index (χ1v) is 7.09. The van der Waals surface area contributed by atoms with Crippen molar-refractivity contribution in [2.45, 2.75) is 32.0 Å². The maximum atomic E-state index is 12.3. The number of aromatic nitrogens is 1. The minimum atomic E-state index is -1.09. The van der Waals surface area contributed by atoms with Gasteiger partial charge in [-0.2, -0.15) is 0 Å². The van der Waals surface area contributed by atoms with Crippen LogP contribution in [0.1, 0.15) is 17.0 Å². The van der Waals surface area contributed by atoms with Crippen LogP contribution in [0.4, 0.5) is 4.79 Å². The molecule has 1 saturated heterocycles. The standard InChI is InChI=1S/C12H17N3O4S/c1-7-10(20-6-13-7)5-14(2)12(19)15-4-8(16)3-9(15)11(17)18/h6,8-9,16H,3-5H2,1-2H3,(H,17,18)/t8-,9+/m1/s1. The highest BCUT2D eigenvalue weighted by Crippen LogP contribution is 2.21. The zero-order chi connectivity index (χ0) is 14.9. The number of aryl methyl sites for hydroxylation is 1. The van der Waals surface area contributed by atoms with Crippen molar-refractivity contribution in [2.24, 2.45) is 0 Å². The van der Waals surface area contributed by atoms with E-state index in [4.69, 9.17) is 5.11 Å². The first-order valence-electron chi connectivity index (χ1n) is 6.21. The first-order chi connectivity index (χ1) is 9.40. The molecule has 2 heterocycles. The van der Waals surface area contributed by atoms with E-state index in [2.05, 4.69) is 4.98 Å². The quantitative estimate of drug-likeness (QED) is 0.849. The smallest absolute Gasteiger partial charge is 0.326 e. The molecule has 2 N–H and O–H groups in total. The van der Waals surface area contributed by atoms with Crippen LogP contribution in [0.2, 0.25) is 0 Å². The fraction of sp³-hybridized carbons (Fsp3) is 0.583. The van der Waals surface area contributed by atoms with Gasteiger partial charge in [0.05, 0.1) is 23.9 Å². The molecule has 1 fully saturated rings. The van der Waals surface area contributed by atoms with Gasteiger partial charge in [0.2, 0.25) is 0 Å². The van der Waals surface area contributed by atoms with Gasteiger partial charge in [0.25, 0.3) is 0 Å². The highest BCUT2D eigenvalue weighted by atomic mass is 32.1. The molecule has 8 heteroatoms.